The van der Waals surface area contributed by atoms with E-state index in [9.17, 15) is 9.90 Å². The minimum absolute atomic E-state index is 0.151. The standard InChI is InChI=1S/C21H26N2O2S/c24-18-9-7-17(8-10-18)23(20(25)12-15-4-3-11-22-14-15)21-13-16-5-1-2-6-19(16)26-21/h3-4,11,13-14,17-18,24H,1-2,5-10,12H2. The zero-order chi connectivity index (χ0) is 17.9. The molecule has 0 unspecified atom stereocenters. The number of thiophene rings is 1. The second-order valence-electron chi connectivity index (χ2n) is 7.50. The van der Waals surface area contributed by atoms with E-state index < -0.39 is 0 Å². The number of aliphatic hydroxyl groups excluding tert-OH is 1. The third-order valence-electron chi connectivity index (χ3n) is 5.60. The number of carbonyl (C=O) groups excluding carboxylic acids is 1. The average Bonchev–Trinajstić information content (AvgIpc) is 3.08. The summed E-state index contributed by atoms with van der Waals surface area (Å²) in [5.74, 6) is 0.151. The van der Waals surface area contributed by atoms with Crippen molar-refractivity contribution in [2.45, 2.75) is 69.9 Å². The Morgan fingerprint density at radius 3 is 2.77 bits per heavy atom. The van der Waals surface area contributed by atoms with Gasteiger partial charge in [0.2, 0.25) is 5.91 Å². The number of aryl methyl sites for hydroxylation is 2. The quantitative estimate of drug-likeness (QED) is 0.888. The zero-order valence-electron chi connectivity index (χ0n) is 15.1. The van der Waals surface area contributed by atoms with Crippen molar-refractivity contribution in [3.63, 3.8) is 0 Å². The maximum atomic E-state index is 13.2. The summed E-state index contributed by atoms with van der Waals surface area (Å²) in [4.78, 5) is 20.9. The van der Waals surface area contributed by atoms with Gasteiger partial charge < -0.3 is 10.0 Å². The van der Waals surface area contributed by atoms with Crippen LogP contribution in [0.25, 0.3) is 0 Å². The summed E-state index contributed by atoms with van der Waals surface area (Å²) in [6, 6.07) is 6.30. The van der Waals surface area contributed by atoms with Gasteiger partial charge in [-0.3, -0.25) is 9.78 Å². The van der Waals surface area contributed by atoms with E-state index in [4.69, 9.17) is 0 Å². The van der Waals surface area contributed by atoms with Crippen molar-refractivity contribution >= 4 is 22.2 Å². The van der Waals surface area contributed by atoms with Crippen LogP contribution in [0.2, 0.25) is 0 Å². The number of fused-ring (bicyclic) bond motifs is 1. The van der Waals surface area contributed by atoms with Gasteiger partial charge in [0, 0.05) is 23.3 Å². The van der Waals surface area contributed by atoms with Crippen molar-refractivity contribution in [1.82, 2.24) is 4.98 Å². The van der Waals surface area contributed by atoms with E-state index in [-0.39, 0.29) is 18.1 Å². The van der Waals surface area contributed by atoms with Crippen LogP contribution in [0.15, 0.2) is 30.6 Å². The molecule has 26 heavy (non-hydrogen) atoms. The summed E-state index contributed by atoms with van der Waals surface area (Å²) in [5.41, 5.74) is 2.39. The van der Waals surface area contributed by atoms with Crippen LogP contribution in [0.3, 0.4) is 0 Å². The number of nitrogens with zero attached hydrogens (tertiary/aromatic N) is 2. The SMILES string of the molecule is O=C(Cc1cccnc1)N(c1cc2c(s1)CCCC2)C1CCC(O)CC1. The summed E-state index contributed by atoms with van der Waals surface area (Å²) < 4.78 is 0. The normalized spacial score (nSPS) is 22.7. The topological polar surface area (TPSA) is 53.4 Å². The first-order chi connectivity index (χ1) is 12.7. The molecule has 1 amide bonds. The highest BCUT2D eigenvalue weighted by Gasteiger charge is 2.31. The van der Waals surface area contributed by atoms with E-state index in [1.54, 1.807) is 23.7 Å². The second kappa shape index (κ2) is 7.89. The van der Waals surface area contributed by atoms with Gasteiger partial charge in [-0.05, 0) is 74.6 Å². The van der Waals surface area contributed by atoms with Gasteiger partial charge in [0.25, 0.3) is 0 Å². The molecule has 2 aromatic heterocycles. The molecule has 1 fully saturated rings. The number of carbonyl (C=O) groups is 1. The fourth-order valence-corrected chi connectivity index (χ4v) is 5.52. The van der Waals surface area contributed by atoms with Crippen molar-refractivity contribution in [1.29, 1.82) is 0 Å². The van der Waals surface area contributed by atoms with Crippen LogP contribution in [0, 0.1) is 0 Å². The summed E-state index contributed by atoms with van der Waals surface area (Å²) in [5, 5.41) is 11.0. The van der Waals surface area contributed by atoms with Gasteiger partial charge in [0.15, 0.2) is 0 Å². The van der Waals surface area contributed by atoms with E-state index in [1.165, 1.54) is 23.3 Å². The lowest BCUT2D eigenvalue weighted by Gasteiger charge is -2.35. The number of amides is 1. The highest BCUT2D eigenvalue weighted by atomic mass is 32.1. The van der Waals surface area contributed by atoms with E-state index >= 15 is 0 Å². The predicted octanol–water partition coefficient (Wildman–Crippen LogP) is 3.90. The van der Waals surface area contributed by atoms with Gasteiger partial charge in [0.05, 0.1) is 17.5 Å². The van der Waals surface area contributed by atoms with Gasteiger partial charge in [-0.2, -0.15) is 0 Å². The molecule has 4 rings (SSSR count). The fraction of sp³-hybridized carbons (Fsp3) is 0.524. The largest absolute Gasteiger partial charge is 0.393 e. The Kier molecular flexibility index (Phi) is 5.36. The van der Waals surface area contributed by atoms with Gasteiger partial charge >= 0.3 is 0 Å². The Morgan fingerprint density at radius 2 is 2.04 bits per heavy atom. The molecule has 2 aliphatic carbocycles. The average molecular weight is 371 g/mol. The Morgan fingerprint density at radius 1 is 1.23 bits per heavy atom. The molecule has 2 aromatic rings. The zero-order valence-corrected chi connectivity index (χ0v) is 15.9. The second-order valence-corrected chi connectivity index (χ2v) is 8.62. The Labute approximate surface area is 158 Å². The molecule has 5 heteroatoms. The first-order valence-electron chi connectivity index (χ1n) is 9.71. The lowest BCUT2D eigenvalue weighted by molar-refractivity contribution is -0.118. The van der Waals surface area contributed by atoms with Crippen LogP contribution >= 0.6 is 11.3 Å². The van der Waals surface area contributed by atoms with Crippen molar-refractivity contribution in [2.24, 2.45) is 0 Å². The smallest absolute Gasteiger partial charge is 0.232 e. The monoisotopic (exact) mass is 370 g/mol. The summed E-state index contributed by atoms with van der Waals surface area (Å²) in [6.07, 6.45) is 11.8. The number of anilines is 1. The molecule has 2 aliphatic rings. The van der Waals surface area contributed by atoms with Crippen molar-refractivity contribution < 1.29 is 9.90 Å². The number of aromatic nitrogens is 1. The van der Waals surface area contributed by atoms with Crippen molar-refractivity contribution in [2.75, 3.05) is 4.90 Å². The number of hydrogen-bond donors (Lipinski definition) is 1. The molecule has 4 nitrogen and oxygen atoms in total. The lowest BCUT2D eigenvalue weighted by Crippen LogP contribution is -2.43. The Balaban J connectivity index is 1.60. The van der Waals surface area contributed by atoms with E-state index in [0.29, 0.717) is 6.42 Å². The Bertz CT molecular complexity index is 727. The van der Waals surface area contributed by atoms with Gasteiger partial charge in [-0.25, -0.2) is 0 Å². The fourth-order valence-electron chi connectivity index (χ4n) is 4.18. The van der Waals surface area contributed by atoms with Crippen molar-refractivity contribution in [3.8, 4) is 0 Å². The molecule has 0 aromatic carbocycles. The number of aliphatic hydroxyl groups is 1. The summed E-state index contributed by atoms with van der Waals surface area (Å²) in [7, 11) is 0. The first-order valence-corrected chi connectivity index (χ1v) is 10.5. The van der Waals surface area contributed by atoms with Gasteiger partial charge in [-0.1, -0.05) is 6.07 Å². The van der Waals surface area contributed by atoms with Gasteiger partial charge in [0.1, 0.15) is 0 Å². The van der Waals surface area contributed by atoms with E-state index in [1.807, 2.05) is 17.0 Å². The van der Waals surface area contributed by atoms with E-state index in [2.05, 4.69) is 11.1 Å². The van der Waals surface area contributed by atoms with Crippen LogP contribution in [0.5, 0.6) is 0 Å². The van der Waals surface area contributed by atoms with Crippen LogP contribution in [0.1, 0.15) is 54.5 Å². The third kappa shape index (κ3) is 3.84. The number of hydrogen-bond acceptors (Lipinski definition) is 4. The minimum atomic E-state index is -0.210. The molecule has 0 spiro atoms. The highest BCUT2D eigenvalue weighted by Crippen LogP contribution is 2.38. The lowest BCUT2D eigenvalue weighted by atomic mass is 9.91. The molecule has 0 atom stereocenters. The highest BCUT2D eigenvalue weighted by molar-refractivity contribution is 7.16. The molecule has 138 valence electrons. The molecule has 0 bridgehead atoms. The first kappa shape index (κ1) is 17.7. The molecule has 1 saturated carbocycles. The molecule has 0 radical (unpaired) electrons. The number of rotatable bonds is 4. The maximum Gasteiger partial charge on any atom is 0.232 e. The molecular weight excluding hydrogens is 344 g/mol. The maximum absolute atomic E-state index is 13.2. The molecule has 0 aliphatic heterocycles. The Hall–Kier alpha value is -1.72. The summed E-state index contributed by atoms with van der Waals surface area (Å²) in [6.45, 7) is 0. The van der Waals surface area contributed by atoms with Gasteiger partial charge in [-0.15, -0.1) is 11.3 Å². The molecule has 1 N–H and O–H groups in total. The van der Waals surface area contributed by atoms with Crippen LogP contribution in [0.4, 0.5) is 5.00 Å². The molecule has 0 saturated heterocycles. The summed E-state index contributed by atoms with van der Waals surface area (Å²) >= 11 is 1.80. The van der Waals surface area contributed by atoms with Crippen LogP contribution < -0.4 is 4.90 Å². The number of pyridine rings is 1. The predicted molar refractivity (Wildman–Crippen MR) is 105 cm³/mol. The molecular formula is C21H26N2O2S. The van der Waals surface area contributed by atoms with Crippen LogP contribution in [-0.2, 0) is 24.1 Å². The molecule has 2 heterocycles. The van der Waals surface area contributed by atoms with E-state index in [0.717, 1.165) is 49.1 Å². The van der Waals surface area contributed by atoms with Crippen LogP contribution in [-0.4, -0.2) is 28.1 Å². The third-order valence-corrected chi connectivity index (χ3v) is 6.84. The van der Waals surface area contributed by atoms with Crippen molar-refractivity contribution in [3.05, 3.63) is 46.6 Å². The minimum Gasteiger partial charge on any atom is -0.393 e.